The molecule has 0 spiro atoms. The summed E-state index contributed by atoms with van der Waals surface area (Å²) in [5, 5.41) is 12.1. The van der Waals surface area contributed by atoms with E-state index < -0.39 is 0 Å². The van der Waals surface area contributed by atoms with E-state index >= 15 is 0 Å². The third-order valence-corrected chi connectivity index (χ3v) is 2.06. The van der Waals surface area contributed by atoms with Gasteiger partial charge in [-0.25, -0.2) is 0 Å². The molecule has 0 aliphatic carbocycles. The molecular weight excluding hydrogens is 138 g/mol. The van der Waals surface area contributed by atoms with E-state index in [0.29, 0.717) is 0 Å². The third kappa shape index (κ3) is 1.10. The van der Waals surface area contributed by atoms with Gasteiger partial charge in [0.2, 0.25) is 0 Å². The molecule has 2 N–H and O–H groups in total. The van der Waals surface area contributed by atoms with Gasteiger partial charge < -0.3 is 10.4 Å². The van der Waals surface area contributed by atoms with Crippen LogP contribution in [0.2, 0.25) is 0 Å². The van der Waals surface area contributed by atoms with Crippen LogP contribution >= 0.6 is 0 Å². The second-order valence-electron chi connectivity index (χ2n) is 2.89. The summed E-state index contributed by atoms with van der Waals surface area (Å²) in [4.78, 5) is 0. The van der Waals surface area contributed by atoms with Crippen molar-refractivity contribution in [3.05, 3.63) is 29.8 Å². The highest BCUT2D eigenvalue weighted by Crippen LogP contribution is 2.24. The van der Waals surface area contributed by atoms with Crippen molar-refractivity contribution in [2.45, 2.75) is 12.5 Å². The molecule has 2 rings (SSSR count). The monoisotopic (exact) mass is 149 g/mol. The lowest BCUT2D eigenvalue weighted by Gasteiger charge is -2.04. The molecule has 0 aromatic heterocycles. The van der Waals surface area contributed by atoms with Crippen molar-refractivity contribution in [3.8, 4) is 0 Å². The Hall–Kier alpha value is -1.02. The fourth-order valence-electron chi connectivity index (χ4n) is 1.49. The van der Waals surface area contributed by atoms with Crippen molar-refractivity contribution in [2.75, 3.05) is 11.9 Å². The third-order valence-electron chi connectivity index (χ3n) is 2.06. The largest absolute Gasteiger partial charge is 0.394 e. The predicted molar refractivity (Wildman–Crippen MR) is 44.6 cm³/mol. The lowest BCUT2D eigenvalue weighted by atomic mass is 10.1. The molecule has 0 unspecified atom stereocenters. The molecule has 1 aromatic carbocycles. The Balaban J connectivity index is 2.27. The number of aliphatic hydroxyl groups excluding tert-OH is 1. The highest BCUT2D eigenvalue weighted by atomic mass is 16.3. The lowest BCUT2D eigenvalue weighted by Crippen LogP contribution is -2.19. The molecule has 0 saturated carbocycles. The van der Waals surface area contributed by atoms with E-state index in [0.717, 1.165) is 6.42 Å². The topological polar surface area (TPSA) is 32.3 Å². The molecule has 58 valence electrons. The Bertz CT molecular complexity index is 234. The quantitative estimate of drug-likeness (QED) is 0.624. The summed E-state index contributed by atoms with van der Waals surface area (Å²) in [6.45, 7) is 0.217. The van der Waals surface area contributed by atoms with Gasteiger partial charge in [0.15, 0.2) is 0 Å². The number of rotatable bonds is 1. The first-order valence-corrected chi connectivity index (χ1v) is 3.85. The molecule has 0 bridgehead atoms. The zero-order chi connectivity index (χ0) is 7.68. The summed E-state index contributed by atoms with van der Waals surface area (Å²) in [6, 6.07) is 8.40. The van der Waals surface area contributed by atoms with Crippen LogP contribution in [0.15, 0.2) is 24.3 Å². The highest BCUT2D eigenvalue weighted by molar-refractivity contribution is 5.56. The Morgan fingerprint density at radius 1 is 1.45 bits per heavy atom. The smallest absolute Gasteiger partial charge is 0.0636 e. The number of para-hydroxylation sites is 1. The van der Waals surface area contributed by atoms with Gasteiger partial charge in [-0.2, -0.15) is 0 Å². The minimum atomic E-state index is 0.217. The second kappa shape index (κ2) is 2.55. The minimum Gasteiger partial charge on any atom is -0.394 e. The first-order valence-electron chi connectivity index (χ1n) is 3.85. The maximum absolute atomic E-state index is 8.88. The van der Waals surface area contributed by atoms with Crippen LogP contribution in [0.5, 0.6) is 0 Å². The molecule has 0 saturated heterocycles. The van der Waals surface area contributed by atoms with E-state index in [9.17, 15) is 0 Å². The number of aliphatic hydroxyl groups is 1. The second-order valence-corrected chi connectivity index (χ2v) is 2.89. The van der Waals surface area contributed by atoms with Crippen molar-refractivity contribution in [1.82, 2.24) is 0 Å². The van der Waals surface area contributed by atoms with Gasteiger partial charge in [-0.05, 0) is 18.1 Å². The van der Waals surface area contributed by atoms with Crippen molar-refractivity contribution in [1.29, 1.82) is 0 Å². The van der Waals surface area contributed by atoms with E-state index in [1.165, 1.54) is 11.3 Å². The zero-order valence-electron chi connectivity index (χ0n) is 6.25. The number of hydrogen-bond acceptors (Lipinski definition) is 2. The van der Waals surface area contributed by atoms with Crippen LogP contribution in [-0.2, 0) is 6.42 Å². The van der Waals surface area contributed by atoms with Gasteiger partial charge in [-0.3, -0.25) is 0 Å². The Morgan fingerprint density at radius 3 is 3.00 bits per heavy atom. The van der Waals surface area contributed by atoms with Crippen molar-refractivity contribution < 1.29 is 5.11 Å². The van der Waals surface area contributed by atoms with Crippen LogP contribution in [0.1, 0.15) is 5.56 Å². The molecule has 11 heavy (non-hydrogen) atoms. The van der Waals surface area contributed by atoms with Gasteiger partial charge in [0, 0.05) is 5.69 Å². The SMILES string of the molecule is OC[C@H]1Cc2ccccc2N1. The molecule has 0 radical (unpaired) electrons. The molecule has 0 amide bonds. The fourth-order valence-corrected chi connectivity index (χ4v) is 1.49. The standard InChI is InChI=1S/C9H11NO/c11-6-8-5-7-3-1-2-4-9(7)10-8/h1-4,8,10-11H,5-6H2/t8-/m1/s1. The number of hydrogen-bond donors (Lipinski definition) is 2. The average molecular weight is 149 g/mol. The highest BCUT2D eigenvalue weighted by Gasteiger charge is 2.17. The summed E-state index contributed by atoms with van der Waals surface area (Å²) in [6.07, 6.45) is 0.951. The number of anilines is 1. The van der Waals surface area contributed by atoms with E-state index in [-0.39, 0.29) is 12.6 Å². The summed E-state index contributed by atoms with van der Waals surface area (Å²) >= 11 is 0. The van der Waals surface area contributed by atoms with Crippen LogP contribution in [0.4, 0.5) is 5.69 Å². The first-order chi connectivity index (χ1) is 5.40. The molecule has 0 fully saturated rings. The summed E-state index contributed by atoms with van der Waals surface area (Å²) in [5.74, 6) is 0. The molecule has 1 atom stereocenters. The molecule has 2 nitrogen and oxygen atoms in total. The van der Waals surface area contributed by atoms with E-state index in [2.05, 4.69) is 11.4 Å². The van der Waals surface area contributed by atoms with Crippen molar-refractivity contribution >= 4 is 5.69 Å². The van der Waals surface area contributed by atoms with Gasteiger partial charge >= 0.3 is 0 Å². The number of benzene rings is 1. The summed E-state index contributed by atoms with van der Waals surface area (Å²) in [5.41, 5.74) is 2.48. The molecular formula is C9H11NO. The number of nitrogens with one attached hydrogen (secondary N) is 1. The normalized spacial score (nSPS) is 21.0. The molecule has 1 aromatic rings. The van der Waals surface area contributed by atoms with Gasteiger partial charge in [-0.15, -0.1) is 0 Å². The molecule has 1 heterocycles. The van der Waals surface area contributed by atoms with Crippen molar-refractivity contribution in [2.24, 2.45) is 0 Å². The Kier molecular flexibility index (Phi) is 1.55. The van der Waals surface area contributed by atoms with Crippen molar-refractivity contribution in [3.63, 3.8) is 0 Å². The summed E-state index contributed by atoms with van der Waals surface area (Å²) in [7, 11) is 0. The van der Waals surface area contributed by atoms with E-state index in [4.69, 9.17) is 5.11 Å². The maximum atomic E-state index is 8.88. The van der Waals surface area contributed by atoms with Gasteiger partial charge in [0.25, 0.3) is 0 Å². The number of fused-ring (bicyclic) bond motifs is 1. The van der Waals surface area contributed by atoms with Gasteiger partial charge in [-0.1, -0.05) is 18.2 Å². The van der Waals surface area contributed by atoms with Gasteiger partial charge in [0.1, 0.15) is 0 Å². The van der Waals surface area contributed by atoms with Gasteiger partial charge in [0.05, 0.1) is 12.6 Å². The zero-order valence-corrected chi connectivity index (χ0v) is 6.25. The first kappa shape index (κ1) is 6.68. The lowest BCUT2D eigenvalue weighted by molar-refractivity contribution is 0.277. The molecule has 1 aliphatic rings. The Labute approximate surface area is 65.9 Å². The minimum absolute atomic E-state index is 0.217. The molecule has 1 aliphatic heterocycles. The maximum Gasteiger partial charge on any atom is 0.0636 e. The Morgan fingerprint density at radius 2 is 2.27 bits per heavy atom. The average Bonchev–Trinajstić information content (AvgIpc) is 2.46. The van der Waals surface area contributed by atoms with E-state index in [1.54, 1.807) is 0 Å². The predicted octanol–water partition coefficient (Wildman–Crippen LogP) is 1.02. The van der Waals surface area contributed by atoms with Crippen LogP contribution in [0.25, 0.3) is 0 Å². The van der Waals surface area contributed by atoms with E-state index in [1.807, 2.05) is 18.2 Å². The van der Waals surface area contributed by atoms with Crippen LogP contribution < -0.4 is 5.32 Å². The molecule has 2 heteroatoms. The summed E-state index contributed by atoms with van der Waals surface area (Å²) < 4.78 is 0. The van der Waals surface area contributed by atoms with Crippen LogP contribution in [0.3, 0.4) is 0 Å². The van der Waals surface area contributed by atoms with Crippen LogP contribution in [-0.4, -0.2) is 17.8 Å². The van der Waals surface area contributed by atoms with Crippen LogP contribution in [0, 0.1) is 0 Å². The fraction of sp³-hybridized carbons (Fsp3) is 0.333.